The number of nitrogens with one attached hydrogen (secondary N) is 2. The summed E-state index contributed by atoms with van der Waals surface area (Å²) in [6, 6.07) is 8.85. The van der Waals surface area contributed by atoms with Crippen molar-refractivity contribution in [1.29, 1.82) is 0 Å². The summed E-state index contributed by atoms with van der Waals surface area (Å²) in [6.07, 6.45) is 0.757. The Morgan fingerprint density at radius 1 is 1.11 bits per heavy atom. The fourth-order valence-corrected chi connectivity index (χ4v) is 3.14. The molecule has 0 radical (unpaired) electrons. The first-order chi connectivity index (χ1) is 12.9. The van der Waals surface area contributed by atoms with Gasteiger partial charge in [0.25, 0.3) is 0 Å². The average Bonchev–Trinajstić information content (AvgIpc) is 3.06. The Morgan fingerprint density at radius 2 is 1.85 bits per heavy atom. The highest BCUT2D eigenvalue weighted by molar-refractivity contribution is 6.02. The Kier molecular flexibility index (Phi) is 5.39. The Bertz CT molecular complexity index is 870. The maximum absolute atomic E-state index is 13.7. The molecule has 1 aliphatic heterocycles. The molecular formula is C20H21F2N3O2. The van der Waals surface area contributed by atoms with Crippen LogP contribution in [0.1, 0.15) is 19.4 Å². The van der Waals surface area contributed by atoms with Gasteiger partial charge in [0.2, 0.25) is 5.91 Å². The minimum atomic E-state index is -0.798. The Morgan fingerprint density at radius 3 is 2.59 bits per heavy atom. The van der Waals surface area contributed by atoms with Gasteiger partial charge in [-0.15, -0.1) is 0 Å². The lowest BCUT2D eigenvalue weighted by Gasteiger charge is -2.27. The monoisotopic (exact) mass is 373 g/mol. The van der Waals surface area contributed by atoms with E-state index in [0.717, 1.165) is 35.9 Å². The molecule has 0 saturated heterocycles. The second-order valence-corrected chi connectivity index (χ2v) is 6.81. The molecule has 142 valence electrons. The Hall–Kier alpha value is -2.96. The number of carbonyl (C=O) groups excluding carboxylic acids is 2. The van der Waals surface area contributed by atoms with Gasteiger partial charge in [0.15, 0.2) is 0 Å². The predicted molar refractivity (Wildman–Crippen MR) is 99.6 cm³/mol. The van der Waals surface area contributed by atoms with Gasteiger partial charge in [-0.25, -0.2) is 13.6 Å². The summed E-state index contributed by atoms with van der Waals surface area (Å²) in [5.74, 6) is -1.84. The lowest BCUT2D eigenvalue weighted by molar-refractivity contribution is -0.121. The highest BCUT2D eigenvalue weighted by Gasteiger charge is 2.32. The first-order valence-corrected chi connectivity index (χ1v) is 8.78. The predicted octanol–water partition coefficient (Wildman–Crippen LogP) is 3.70. The zero-order valence-corrected chi connectivity index (χ0v) is 15.1. The molecule has 3 rings (SSSR count). The summed E-state index contributed by atoms with van der Waals surface area (Å²) in [6.45, 7) is 4.17. The Labute approximate surface area is 156 Å². The van der Waals surface area contributed by atoms with Crippen molar-refractivity contribution in [2.75, 3.05) is 16.8 Å². The van der Waals surface area contributed by atoms with Crippen LogP contribution in [0.25, 0.3) is 0 Å². The van der Waals surface area contributed by atoms with E-state index < -0.39 is 23.7 Å². The minimum Gasteiger partial charge on any atom is -0.326 e. The standard InChI is InChI=1S/C20H21F2N3O2/c1-12(2)18(19(26)25-10-9-13-5-3-4-6-17(13)25)24-20(27)23-16-11-14(21)7-8-15(16)22/h3-8,11-12,18H,9-10H2,1-2H3,(H2,23,24,27)/t18-/m1/s1. The second kappa shape index (κ2) is 7.73. The highest BCUT2D eigenvalue weighted by atomic mass is 19.1. The normalized spacial score (nSPS) is 14.0. The van der Waals surface area contributed by atoms with E-state index in [2.05, 4.69) is 10.6 Å². The maximum atomic E-state index is 13.7. The van der Waals surface area contributed by atoms with Crippen molar-refractivity contribution in [3.63, 3.8) is 0 Å². The van der Waals surface area contributed by atoms with Gasteiger partial charge in [-0.3, -0.25) is 4.79 Å². The summed E-state index contributed by atoms with van der Waals surface area (Å²) in [5, 5.41) is 4.85. The maximum Gasteiger partial charge on any atom is 0.319 e. The number of hydrogen-bond donors (Lipinski definition) is 2. The lowest BCUT2D eigenvalue weighted by Crippen LogP contribution is -2.52. The number of hydrogen-bond acceptors (Lipinski definition) is 2. The molecule has 2 aromatic rings. The molecule has 2 aromatic carbocycles. The van der Waals surface area contributed by atoms with E-state index in [4.69, 9.17) is 0 Å². The van der Waals surface area contributed by atoms with Crippen molar-refractivity contribution in [3.8, 4) is 0 Å². The molecule has 7 heteroatoms. The summed E-state index contributed by atoms with van der Waals surface area (Å²) in [7, 11) is 0. The van der Waals surface area contributed by atoms with E-state index in [-0.39, 0.29) is 17.5 Å². The van der Waals surface area contributed by atoms with E-state index in [1.54, 1.807) is 4.90 Å². The average molecular weight is 373 g/mol. The van der Waals surface area contributed by atoms with Gasteiger partial charge in [-0.2, -0.15) is 0 Å². The number of fused-ring (bicyclic) bond motifs is 1. The molecular weight excluding hydrogens is 352 g/mol. The van der Waals surface area contributed by atoms with Crippen LogP contribution in [0.2, 0.25) is 0 Å². The first-order valence-electron chi connectivity index (χ1n) is 8.78. The molecule has 27 heavy (non-hydrogen) atoms. The van der Waals surface area contributed by atoms with Crippen molar-refractivity contribution in [1.82, 2.24) is 5.32 Å². The van der Waals surface area contributed by atoms with Crippen molar-refractivity contribution in [3.05, 3.63) is 59.7 Å². The summed E-state index contributed by atoms with van der Waals surface area (Å²) in [5.41, 5.74) is 1.64. The number of para-hydroxylation sites is 1. The summed E-state index contributed by atoms with van der Waals surface area (Å²) < 4.78 is 27.0. The van der Waals surface area contributed by atoms with E-state index in [1.807, 2.05) is 38.1 Å². The van der Waals surface area contributed by atoms with Gasteiger partial charge in [-0.1, -0.05) is 32.0 Å². The minimum absolute atomic E-state index is 0.187. The molecule has 0 spiro atoms. The zero-order chi connectivity index (χ0) is 19.6. The van der Waals surface area contributed by atoms with Crippen LogP contribution in [-0.2, 0) is 11.2 Å². The van der Waals surface area contributed by atoms with Gasteiger partial charge in [-0.05, 0) is 36.1 Å². The quantitative estimate of drug-likeness (QED) is 0.858. The molecule has 0 unspecified atom stereocenters. The number of anilines is 2. The van der Waals surface area contributed by atoms with Gasteiger partial charge in [0.05, 0.1) is 5.69 Å². The third kappa shape index (κ3) is 4.07. The van der Waals surface area contributed by atoms with Gasteiger partial charge in [0.1, 0.15) is 17.7 Å². The lowest BCUT2D eigenvalue weighted by atomic mass is 10.0. The van der Waals surface area contributed by atoms with E-state index in [0.29, 0.717) is 6.54 Å². The molecule has 0 bridgehead atoms. The number of rotatable bonds is 4. The van der Waals surface area contributed by atoms with Crippen LogP contribution in [0.5, 0.6) is 0 Å². The van der Waals surface area contributed by atoms with E-state index in [9.17, 15) is 18.4 Å². The SMILES string of the molecule is CC(C)[C@@H](NC(=O)Nc1cc(F)ccc1F)C(=O)N1CCc2ccccc21. The number of nitrogens with zero attached hydrogens (tertiary/aromatic N) is 1. The van der Waals surface area contributed by atoms with Gasteiger partial charge in [0, 0.05) is 18.3 Å². The van der Waals surface area contributed by atoms with E-state index in [1.165, 1.54) is 0 Å². The molecule has 3 amide bonds. The van der Waals surface area contributed by atoms with Crippen molar-refractivity contribution >= 4 is 23.3 Å². The molecule has 0 fully saturated rings. The van der Waals surface area contributed by atoms with Gasteiger partial charge < -0.3 is 15.5 Å². The third-order valence-corrected chi connectivity index (χ3v) is 4.55. The van der Waals surface area contributed by atoms with Crippen LogP contribution >= 0.6 is 0 Å². The molecule has 0 aliphatic carbocycles. The number of amides is 3. The first kappa shape index (κ1) is 18.8. The third-order valence-electron chi connectivity index (χ3n) is 4.55. The molecule has 1 atom stereocenters. The van der Waals surface area contributed by atoms with Crippen LogP contribution < -0.4 is 15.5 Å². The van der Waals surface area contributed by atoms with Crippen LogP contribution in [0, 0.1) is 17.6 Å². The van der Waals surface area contributed by atoms with Crippen LogP contribution in [0.3, 0.4) is 0 Å². The topological polar surface area (TPSA) is 61.4 Å². The second-order valence-electron chi connectivity index (χ2n) is 6.81. The number of carbonyl (C=O) groups is 2. The summed E-state index contributed by atoms with van der Waals surface area (Å²) in [4.78, 5) is 26.9. The highest BCUT2D eigenvalue weighted by Crippen LogP contribution is 2.28. The fraction of sp³-hybridized carbons (Fsp3) is 0.300. The molecule has 5 nitrogen and oxygen atoms in total. The van der Waals surface area contributed by atoms with Crippen LogP contribution in [0.15, 0.2) is 42.5 Å². The fourth-order valence-electron chi connectivity index (χ4n) is 3.14. The molecule has 1 heterocycles. The summed E-state index contributed by atoms with van der Waals surface area (Å²) >= 11 is 0. The van der Waals surface area contributed by atoms with Gasteiger partial charge >= 0.3 is 6.03 Å². The molecule has 0 saturated carbocycles. The van der Waals surface area contributed by atoms with E-state index >= 15 is 0 Å². The number of benzene rings is 2. The number of halogens is 2. The Balaban J connectivity index is 1.73. The van der Waals surface area contributed by atoms with Crippen molar-refractivity contribution in [2.45, 2.75) is 26.3 Å². The number of urea groups is 1. The van der Waals surface area contributed by atoms with Crippen molar-refractivity contribution in [2.24, 2.45) is 5.92 Å². The molecule has 2 N–H and O–H groups in total. The zero-order valence-electron chi connectivity index (χ0n) is 15.1. The van der Waals surface area contributed by atoms with Crippen LogP contribution in [-0.4, -0.2) is 24.5 Å². The largest absolute Gasteiger partial charge is 0.326 e. The molecule has 1 aliphatic rings. The molecule has 0 aromatic heterocycles. The smallest absolute Gasteiger partial charge is 0.319 e. The van der Waals surface area contributed by atoms with Crippen LogP contribution in [0.4, 0.5) is 25.0 Å². The van der Waals surface area contributed by atoms with Crippen molar-refractivity contribution < 1.29 is 18.4 Å².